The van der Waals surface area contributed by atoms with Gasteiger partial charge in [-0.15, -0.1) is 0 Å². The molecule has 0 fully saturated rings. The van der Waals surface area contributed by atoms with E-state index in [0.717, 1.165) is 24.0 Å². The van der Waals surface area contributed by atoms with Crippen LogP contribution in [-0.2, 0) is 33.1 Å². The highest BCUT2D eigenvalue weighted by molar-refractivity contribution is 7.89. The molecule has 14 heteroatoms. The highest BCUT2D eigenvalue weighted by atomic mass is 32.2. The van der Waals surface area contributed by atoms with Gasteiger partial charge in [-0.3, -0.25) is 10.8 Å². The van der Waals surface area contributed by atoms with E-state index in [4.69, 9.17) is 31.8 Å². The second-order valence-electron chi connectivity index (χ2n) is 10.2. The molecule has 0 saturated carbocycles. The Morgan fingerprint density at radius 3 is 1.30 bits per heavy atom. The van der Waals surface area contributed by atoms with Crippen LogP contribution in [0.2, 0.25) is 0 Å². The summed E-state index contributed by atoms with van der Waals surface area (Å²) in [6.45, 7) is 1.15. The van der Waals surface area contributed by atoms with E-state index in [0.29, 0.717) is 35.8 Å². The Labute approximate surface area is 268 Å². The Balaban J connectivity index is 1.13. The number of amidine groups is 2. The molecule has 0 amide bonds. The first-order chi connectivity index (χ1) is 21.9. The van der Waals surface area contributed by atoms with Gasteiger partial charge in [-0.25, -0.2) is 26.3 Å². The van der Waals surface area contributed by atoms with Crippen molar-refractivity contribution >= 4 is 31.7 Å². The molecular weight excluding hydrogens is 629 g/mol. The first kappa shape index (κ1) is 34.1. The van der Waals surface area contributed by atoms with Gasteiger partial charge < -0.3 is 20.9 Å². The minimum atomic E-state index is -3.77. The molecule has 0 saturated heterocycles. The van der Waals surface area contributed by atoms with E-state index in [1.54, 1.807) is 72.8 Å². The maximum atomic E-state index is 12.6. The Morgan fingerprint density at radius 2 is 0.957 bits per heavy atom. The third-order valence-electron chi connectivity index (χ3n) is 6.77. The highest BCUT2D eigenvalue weighted by Gasteiger charge is 2.16. The fraction of sp³-hybridized carbons (Fsp3) is 0.188. The van der Waals surface area contributed by atoms with Crippen molar-refractivity contribution in [3.8, 4) is 11.5 Å². The molecule has 0 bridgehead atoms. The third-order valence-corrected chi connectivity index (χ3v) is 9.56. The molecule has 0 unspecified atom stereocenters. The van der Waals surface area contributed by atoms with E-state index < -0.39 is 20.0 Å². The zero-order valence-corrected chi connectivity index (χ0v) is 26.5. The zero-order valence-electron chi connectivity index (χ0n) is 24.9. The molecule has 46 heavy (non-hydrogen) atoms. The lowest BCUT2D eigenvalue weighted by atomic mass is 10.2. The average Bonchev–Trinajstić information content (AvgIpc) is 3.05. The molecule has 4 aromatic rings. The second-order valence-corrected chi connectivity index (χ2v) is 13.8. The Kier molecular flexibility index (Phi) is 11.5. The largest absolute Gasteiger partial charge is 0.494 e. The first-order valence-electron chi connectivity index (χ1n) is 14.2. The summed E-state index contributed by atoms with van der Waals surface area (Å²) in [5.74, 6) is 0.924. The van der Waals surface area contributed by atoms with Gasteiger partial charge in [-0.1, -0.05) is 48.5 Å². The Hall–Kier alpha value is -4.76. The van der Waals surface area contributed by atoms with Crippen LogP contribution in [0.4, 0.5) is 0 Å². The summed E-state index contributed by atoms with van der Waals surface area (Å²) in [5.41, 5.74) is 13.1. The monoisotopic (exact) mass is 664 g/mol. The van der Waals surface area contributed by atoms with E-state index in [1.165, 1.54) is 24.3 Å². The lowest BCUT2D eigenvalue weighted by Crippen LogP contribution is -2.23. The van der Waals surface area contributed by atoms with Crippen molar-refractivity contribution in [1.82, 2.24) is 9.44 Å². The summed E-state index contributed by atoms with van der Waals surface area (Å²) in [5, 5.41) is 15.0. The molecule has 0 aromatic heterocycles. The van der Waals surface area contributed by atoms with Gasteiger partial charge in [0.2, 0.25) is 20.0 Å². The summed E-state index contributed by atoms with van der Waals surface area (Å²) in [6, 6.07) is 26.1. The summed E-state index contributed by atoms with van der Waals surface area (Å²) >= 11 is 0. The molecule has 0 aliphatic heterocycles. The number of hydrogen-bond acceptors (Lipinski definition) is 8. The predicted octanol–water partition coefficient (Wildman–Crippen LogP) is 3.45. The molecule has 0 aliphatic carbocycles. The maximum Gasteiger partial charge on any atom is 0.240 e. The van der Waals surface area contributed by atoms with Gasteiger partial charge in [-0.05, 0) is 72.5 Å². The van der Waals surface area contributed by atoms with Crippen molar-refractivity contribution < 1.29 is 26.3 Å². The number of unbranched alkanes of at least 4 members (excludes halogenated alkanes) is 1. The van der Waals surface area contributed by atoms with Gasteiger partial charge in [0.15, 0.2) is 0 Å². The minimum Gasteiger partial charge on any atom is -0.494 e. The van der Waals surface area contributed by atoms with Gasteiger partial charge in [0.05, 0.1) is 23.0 Å². The standard InChI is InChI=1S/C32H36N6O6S2/c33-31(34)25-5-3-7-29(19-25)45(39,40)37-21-23-9-13-27(14-10-23)43-17-1-2-18-44-28-15-11-24(12-16-28)22-38-46(41,42)30-8-4-6-26(20-30)32(35)36/h3-16,19-20,37-38H,1-2,17-18,21-22H2,(H3,33,34)(H3,35,36). The molecule has 8 N–H and O–H groups in total. The number of nitrogens with one attached hydrogen (secondary N) is 4. The normalized spacial score (nSPS) is 11.6. The van der Waals surface area contributed by atoms with Gasteiger partial charge in [0.1, 0.15) is 23.2 Å². The summed E-state index contributed by atoms with van der Waals surface area (Å²) in [7, 11) is -7.54. The van der Waals surface area contributed by atoms with E-state index in [9.17, 15) is 16.8 Å². The lowest BCUT2D eigenvalue weighted by Gasteiger charge is -2.10. The number of nitrogens with two attached hydrogens (primary N) is 2. The Bertz CT molecular complexity index is 1740. The van der Waals surface area contributed by atoms with Crippen LogP contribution >= 0.6 is 0 Å². The van der Waals surface area contributed by atoms with Crippen molar-refractivity contribution in [2.75, 3.05) is 13.2 Å². The van der Waals surface area contributed by atoms with Crippen LogP contribution in [0.1, 0.15) is 35.1 Å². The van der Waals surface area contributed by atoms with Crippen LogP contribution < -0.4 is 30.4 Å². The predicted molar refractivity (Wildman–Crippen MR) is 176 cm³/mol. The summed E-state index contributed by atoms with van der Waals surface area (Å²) in [4.78, 5) is 0.0781. The van der Waals surface area contributed by atoms with Gasteiger partial charge in [0, 0.05) is 24.2 Å². The topological polar surface area (TPSA) is 211 Å². The van der Waals surface area contributed by atoms with Crippen LogP contribution in [0.25, 0.3) is 0 Å². The SMILES string of the molecule is N=C(N)c1cccc(S(=O)(=O)NCc2ccc(OCCCCOc3ccc(CNS(=O)(=O)c4cccc(C(=N)N)c4)cc3)cc2)c1. The number of nitrogen functional groups attached to an aromatic ring is 2. The second kappa shape index (κ2) is 15.5. The molecule has 0 atom stereocenters. The molecule has 242 valence electrons. The van der Waals surface area contributed by atoms with Crippen molar-refractivity contribution in [1.29, 1.82) is 10.8 Å². The van der Waals surface area contributed by atoms with Crippen LogP contribution in [0.5, 0.6) is 11.5 Å². The molecule has 12 nitrogen and oxygen atoms in total. The van der Waals surface area contributed by atoms with Crippen LogP contribution in [0, 0.1) is 10.8 Å². The fourth-order valence-corrected chi connectivity index (χ4v) is 6.30. The highest BCUT2D eigenvalue weighted by Crippen LogP contribution is 2.17. The quantitative estimate of drug-likeness (QED) is 0.0558. The van der Waals surface area contributed by atoms with Crippen molar-refractivity contribution in [2.24, 2.45) is 11.5 Å². The minimum absolute atomic E-state index is 0.0391. The van der Waals surface area contributed by atoms with Crippen molar-refractivity contribution in [3.05, 3.63) is 119 Å². The molecule has 0 heterocycles. The molecule has 0 aliphatic rings. The lowest BCUT2D eigenvalue weighted by molar-refractivity contribution is 0.266. The van der Waals surface area contributed by atoms with E-state index in [2.05, 4.69) is 9.44 Å². The third kappa shape index (κ3) is 9.87. The number of rotatable bonds is 17. The summed E-state index contributed by atoms with van der Waals surface area (Å²) in [6.07, 6.45) is 1.51. The number of ether oxygens (including phenoxy) is 2. The van der Waals surface area contributed by atoms with Crippen LogP contribution in [-0.4, -0.2) is 41.7 Å². The van der Waals surface area contributed by atoms with E-state index >= 15 is 0 Å². The molecule has 0 radical (unpaired) electrons. The molecule has 0 spiro atoms. The van der Waals surface area contributed by atoms with E-state index in [-0.39, 0.29) is 34.6 Å². The molecular formula is C32H36N6O6S2. The number of benzene rings is 4. The van der Waals surface area contributed by atoms with Gasteiger partial charge in [-0.2, -0.15) is 0 Å². The molecule has 4 aromatic carbocycles. The number of hydrogen-bond donors (Lipinski definition) is 6. The summed E-state index contributed by atoms with van der Waals surface area (Å²) < 4.78 is 67.2. The average molecular weight is 665 g/mol. The Morgan fingerprint density at radius 1 is 0.587 bits per heavy atom. The number of sulfonamides is 2. The smallest absolute Gasteiger partial charge is 0.240 e. The zero-order chi connectivity index (χ0) is 33.2. The van der Waals surface area contributed by atoms with Crippen LogP contribution in [0.15, 0.2) is 107 Å². The van der Waals surface area contributed by atoms with Gasteiger partial charge in [0.25, 0.3) is 0 Å². The maximum absolute atomic E-state index is 12.6. The first-order valence-corrected chi connectivity index (χ1v) is 17.2. The van der Waals surface area contributed by atoms with Crippen molar-refractivity contribution in [3.63, 3.8) is 0 Å². The van der Waals surface area contributed by atoms with Gasteiger partial charge >= 0.3 is 0 Å². The van der Waals surface area contributed by atoms with Crippen LogP contribution in [0.3, 0.4) is 0 Å². The van der Waals surface area contributed by atoms with E-state index in [1.807, 2.05) is 0 Å². The fourth-order valence-electron chi connectivity index (χ4n) is 4.18. The van der Waals surface area contributed by atoms with Crippen molar-refractivity contribution in [2.45, 2.75) is 35.7 Å². The molecule has 4 rings (SSSR count).